The Morgan fingerprint density at radius 2 is 1.59 bits per heavy atom. The Labute approximate surface area is 160 Å². The number of amides is 1. The lowest BCUT2D eigenvalue weighted by Gasteiger charge is -2.10. The molecule has 0 saturated carbocycles. The summed E-state index contributed by atoms with van der Waals surface area (Å²) in [6, 6.07) is 14.7. The van der Waals surface area contributed by atoms with E-state index in [-0.39, 0.29) is 24.4 Å². The fraction of sp³-hybridized carbons (Fsp3) is 0.364. The highest BCUT2D eigenvalue weighted by atomic mass is 16.5. The van der Waals surface area contributed by atoms with E-state index in [1.165, 1.54) is 0 Å². The van der Waals surface area contributed by atoms with Crippen molar-refractivity contribution >= 4 is 11.7 Å². The highest BCUT2D eigenvalue weighted by molar-refractivity contribution is 5.95. The van der Waals surface area contributed by atoms with Gasteiger partial charge in [0.15, 0.2) is 12.4 Å². The molecule has 0 radical (unpaired) electrons. The first-order valence-corrected chi connectivity index (χ1v) is 9.26. The van der Waals surface area contributed by atoms with Crippen LogP contribution in [0.1, 0.15) is 43.1 Å². The highest BCUT2D eigenvalue weighted by Crippen LogP contribution is 2.14. The molecule has 0 aliphatic rings. The second kappa shape index (κ2) is 10.4. The van der Waals surface area contributed by atoms with Crippen molar-refractivity contribution < 1.29 is 19.1 Å². The van der Waals surface area contributed by atoms with Gasteiger partial charge in [-0.3, -0.25) is 9.59 Å². The number of Topliss-reactive ketones (excluding diaryl/α,β-unsaturated/α-hetero) is 1. The lowest BCUT2D eigenvalue weighted by atomic mass is 10.1. The minimum atomic E-state index is -0.177. The van der Waals surface area contributed by atoms with Crippen molar-refractivity contribution in [1.29, 1.82) is 0 Å². The third-order valence-electron chi connectivity index (χ3n) is 3.90. The van der Waals surface area contributed by atoms with Crippen LogP contribution in [0.3, 0.4) is 0 Å². The van der Waals surface area contributed by atoms with E-state index in [4.69, 9.17) is 9.47 Å². The molecule has 0 atom stereocenters. The number of carbonyl (C=O) groups excluding carboxylic acids is 2. The number of hydrogen-bond donors (Lipinski definition) is 1. The van der Waals surface area contributed by atoms with Crippen molar-refractivity contribution in [3.8, 4) is 11.5 Å². The van der Waals surface area contributed by atoms with Crippen LogP contribution in [0.15, 0.2) is 48.5 Å². The van der Waals surface area contributed by atoms with Gasteiger partial charge in [0.05, 0.1) is 6.10 Å². The van der Waals surface area contributed by atoms with Gasteiger partial charge in [-0.05, 0) is 62.2 Å². The molecule has 0 unspecified atom stereocenters. The molecule has 0 aliphatic heterocycles. The second-order valence-corrected chi connectivity index (χ2v) is 6.50. The van der Waals surface area contributed by atoms with Gasteiger partial charge in [0.2, 0.25) is 0 Å². The van der Waals surface area contributed by atoms with Gasteiger partial charge in [0, 0.05) is 18.5 Å². The first kappa shape index (κ1) is 20.5. The molecule has 0 aromatic heterocycles. The molecule has 1 amide bonds. The van der Waals surface area contributed by atoms with Crippen molar-refractivity contribution in [2.45, 2.75) is 39.7 Å². The number of rotatable bonds is 10. The van der Waals surface area contributed by atoms with E-state index >= 15 is 0 Å². The fourth-order valence-corrected chi connectivity index (χ4v) is 2.49. The average molecular weight is 369 g/mol. The molecule has 27 heavy (non-hydrogen) atoms. The lowest BCUT2D eigenvalue weighted by Crippen LogP contribution is -2.30. The van der Waals surface area contributed by atoms with Gasteiger partial charge in [-0.25, -0.2) is 0 Å². The maximum Gasteiger partial charge on any atom is 0.257 e. The minimum Gasteiger partial charge on any atom is -0.491 e. The van der Waals surface area contributed by atoms with E-state index in [2.05, 4.69) is 5.32 Å². The molecule has 2 aromatic carbocycles. The van der Waals surface area contributed by atoms with Crippen molar-refractivity contribution in [1.82, 2.24) is 5.32 Å². The Morgan fingerprint density at radius 3 is 2.19 bits per heavy atom. The molecular weight excluding hydrogens is 342 g/mol. The molecule has 0 bridgehead atoms. The molecule has 2 aromatic rings. The van der Waals surface area contributed by atoms with Crippen LogP contribution in [-0.4, -0.2) is 30.9 Å². The maximum atomic E-state index is 11.9. The quantitative estimate of drug-likeness (QED) is 0.647. The Balaban J connectivity index is 1.69. The number of ketones is 1. The number of hydrogen-bond acceptors (Lipinski definition) is 4. The van der Waals surface area contributed by atoms with Gasteiger partial charge in [-0.2, -0.15) is 0 Å². The third-order valence-corrected chi connectivity index (χ3v) is 3.90. The Kier molecular flexibility index (Phi) is 7.86. The first-order chi connectivity index (χ1) is 13.0. The lowest BCUT2D eigenvalue weighted by molar-refractivity contribution is -0.123. The molecule has 144 valence electrons. The normalized spacial score (nSPS) is 10.5. The zero-order chi connectivity index (χ0) is 19.6. The Morgan fingerprint density at radius 1 is 0.963 bits per heavy atom. The monoisotopic (exact) mass is 369 g/mol. The number of nitrogens with one attached hydrogen (secondary N) is 1. The number of ether oxygens (including phenoxy) is 2. The van der Waals surface area contributed by atoms with E-state index in [1.807, 2.05) is 45.0 Å². The molecule has 2 rings (SSSR count). The van der Waals surface area contributed by atoms with Crippen molar-refractivity contribution in [2.24, 2.45) is 0 Å². The molecule has 5 heteroatoms. The molecule has 0 fully saturated rings. The van der Waals surface area contributed by atoms with Crippen LogP contribution < -0.4 is 14.8 Å². The van der Waals surface area contributed by atoms with Crippen LogP contribution in [0.4, 0.5) is 0 Å². The average Bonchev–Trinajstić information content (AvgIpc) is 2.67. The predicted molar refractivity (Wildman–Crippen MR) is 105 cm³/mol. The van der Waals surface area contributed by atoms with Gasteiger partial charge < -0.3 is 14.8 Å². The topological polar surface area (TPSA) is 64.6 Å². The van der Waals surface area contributed by atoms with E-state index in [1.54, 1.807) is 24.3 Å². The summed E-state index contributed by atoms with van der Waals surface area (Å²) in [5.74, 6) is 1.32. The molecule has 5 nitrogen and oxygen atoms in total. The van der Waals surface area contributed by atoms with Gasteiger partial charge in [-0.1, -0.05) is 19.1 Å². The maximum absolute atomic E-state index is 11.9. The van der Waals surface area contributed by atoms with Crippen LogP contribution in [-0.2, 0) is 11.2 Å². The largest absolute Gasteiger partial charge is 0.491 e. The van der Waals surface area contributed by atoms with E-state index in [0.29, 0.717) is 24.3 Å². The summed E-state index contributed by atoms with van der Waals surface area (Å²) in [5.41, 5.74) is 1.78. The third kappa shape index (κ3) is 7.13. The van der Waals surface area contributed by atoms with Crippen molar-refractivity contribution in [3.05, 3.63) is 59.7 Å². The molecule has 0 heterocycles. The smallest absolute Gasteiger partial charge is 0.257 e. The van der Waals surface area contributed by atoms with Crippen LogP contribution in [0.2, 0.25) is 0 Å². The molecule has 0 aliphatic carbocycles. The SMILES string of the molecule is CCC(=O)c1ccc(OCC(=O)NCCc2ccc(OC(C)C)cc2)cc1. The number of benzene rings is 2. The predicted octanol–water partition coefficient (Wildman–Crippen LogP) is 3.80. The second-order valence-electron chi connectivity index (χ2n) is 6.50. The Hall–Kier alpha value is -2.82. The van der Waals surface area contributed by atoms with Crippen LogP contribution in [0.25, 0.3) is 0 Å². The number of carbonyl (C=O) groups is 2. The summed E-state index contributed by atoms with van der Waals surface area (Å²) in [6.45, 7) is 6.29. The summed E-state index contributed by atoms with van der Waals surface area (Å²) in [4.78, 5) is 23.5. The van der Waals surface area contributed by atoms with Crippen molar-refractivity contribution in [3.63, 3.8) is 0 Å². The summed E-state index contributed by atoms with van der Waals surface area (Å²) in [7, 11) is 0. The molecule has 0 saturated heterocycles. The van der Waals surface area contributed by atoms with Crippen LogP contribution in [0, 0.1) is 0 Å². The van der Waals surface area contributed by atoms with E-state index < -0.39 is 0 Å². The molecule has 1 N–H and O–H groups in total. The van der Waals surface area contributed by atoms with Crippen LogP contribution in [0.5, 0.6) is 11.5 Å². The molecular formula is C22H27NO4. The van der Waals surface area contributed by atoms with Gasteiger partial charge in [0.25, 0.3) is 5.91 Å². The highest BCUT2D eigenvalue weighted by Gasteiger charge is 2.05. The molecule has 0 spiro atoms. The summed E-state index contributed by atoms with van der Waals surface area (Å²) in [5, 5.41) is 2.84. The zero-order valence-corrected chi connectivity index (χ0v) is 16.2. The zero-order valence-electron chi connectivity index (χ0n) is 16.2. The summed E-state index contributed by atoms with van der Waals surface area (Å²) >= 11 is 0. The standard InChI is InChI=1S/C22H27NO4/c1-4-21(24)18-7-11-19(12-8-18)26-15-22(25)23-14-13-17-5-9-20(10-6-17)27-16(2)3/h5-12,16H,4,13-15H2,1-3H3,(H,23,25). The van der Waals surface area contributed by atoms with Crippen LogP contribution >= 0.6 is 0 Å². The van der Waals surface area contributed by atoms with Gasteiger partial charge in [-0.15, -0.1) is 0 Å². The first-order valence-electron chi connectivity index (χ1n) is 9.26. The fourth-order valence-electron chi connectivity index (χ4n) is 2.49. The summed E-state index contributed by atoms with van der Waals surface area (Å²) < 4.78 is 11.1. The van der Waals surface area contributed by atoms with Crippen molar-refractivity contribution in [2.75, 3.05) is 13.2 Å². The van der Waals surface area contributed by atoms with E-state index in [0.717, 1.165) is 17.7 Å². The van der Waals surface area contributed by atoms with Gasteiger partial charge in [0.1, 0.15) is 11.5 Å². The van der Waals surface area contributed by atoms with E-state index in [9.17, 15) is 9.59 Å². The minimum absolute atomic E-state index is 0.0533. The summed E-state index contributed by atoms with van der Waals surface area (Å²) in [6.07, 6.45) is 1.36. The Bertz CT molecular complexity index is 736. The van der Waals surface area contributed by atoms with Gasteiger partial charge >= 0.3 is 0 Å².